The zero-order valence-electron chi connectivity index (χ0n) is 10.2. The fourth-order valence-corrected chi connectivity index (χ4v) is 1.90. The van der Waals surface area contributed by atoms with Crippen molar-refractivity contribution >= 4 is 0 Å². The number of nitrogens with one attached hydrogen (secondary N) is 1. The van der Waals surface area contributed by atoms with Crippen LogP contribution in [0.5, 0.6) is 0 Å². The van der Waals surface area contributed by atoms with E-state index in [1.165, 1.54) is 12.8 Å². The maximum absolute atomic E-state index is 4.05. The molecule has 4 nitrogen and oxygen atoms in total. The van der Waals surface area contributed by atoms with Crippen LogP contribution in [0.3, 0.4) is 0 Å². The van der Waals surface area contributed by atoms with Crippen LogP contribution in [0.15, 0.2) is 6.20 Å². The predicted molar refractivity (Wildman–Crippen MR) is 61.4 cm³/mol. The Kier molecular flexibility index (Phi) is 4.75. The summed E-state index contributed by atoms with van der Waals surface area (Å²) in [4.78, 5) is 0. The summed E-state index contributed by atoms with van der Waals surface area (Å²) in [5, 5.41) is 11.5. The van der Waals surface area contributed by atoms with Crippen molar-refractivity contribution in [2.75, 3.05) is 0 Å². The highest BCUT2D eigenvalue weighted by atomic mass is 15.4. The maximum atomic E-state index is 4.05. The standard InChI is InChI=1S/C11H22N4/c1-5-10(6-2)9(3)12-7-11-8-15(4)14-13-11/h8-10,12H,5-7H2,1-4H3. The molecule has 0 aliphatic rings. The van der Waals surface area contributed by atoms with Gasteiger partial charge in [-0.05, 0) is 12.8 Å². The van der Waals surface area contributed by atoms with Crippen LogP contribution in [0, 0.1) is 5.92 Å². The summed E-state index contributed by atoms with van der Waals surface area (Å²) in [7, 11) is 1.89. The molecule has 0 saturated heterocycles. The van der Waals surface area contributed by atoms with Gasteiger partial charge in [-0.2, -0.15) is 0 Å². The van der Waals surface area contributed by atoms with E-state index < -0.39 is 0 Å². The lowest BCUT2D eigenvalue weighted by Crippen LogP contribution is -2.32. The first-order chi connectivity index (χ1) is 7.17. The van der Waals surface area contributed by atoms with Crippen LogP contribution >= 0.6 is 0 Å². The predicted octanol–water partition coefficient (Wildman–Crippen LogP) is 1.73. The smallest absolute Gasteiger partial charge is 0.0964 e. The van der Waals surface area contributed by atoms with Crippen LogP contribution < -0.4 is 5.32 Å². The number of aromatic nitrogens is 3. The van der Waals surface area contributed by atoms with E-state index in [1.807, 2.05) is 13.2 Å². The Hall–Kier alpha value is -0.900. The first kappa shape index (κ1) is 12.2. The molecule has 86 valence electrons. The van der Waals surface area contributed by atoms with E-state index in [9.17, 15) is 0 Å². The van der Waals surface area contributed by atoms with Crippen molar-refractivity contribution in [2.24, 2.45) is 13.0 Å². The molecule has 1 aromatic rings. The summed E-state index contributed by atoms with van der Waals surface area (Å²) in [5.74, 6) is 0.752. The van der Waals surface area contributed by atoms with Crippen LogP contribution in [0.25, 0.3) is 0 Å². The number of rotatable bonds is 6. The van der Waals surface area contributed by atoms with E-state index in [4.69, 9.17) is 0 Å². The number of hydrogen-bond donors (Lipinski definition) is 1. The molecule has 0 saturated carbocycles. The van der Waals surface area contributed by atoms with Gasteiger partial charge in [0.15, 0.2) is 0 Å². The van der Waals surface area contributed by atoms with Crippen molar-refractivity contribution in [1.82, 2.24) is 20.3 Å². The van der Waals surface area contributed by atoms with E-state index in [-0.39, 0.29) is 0 Å². The van der Waals surface area contributed by atoms with Crippen molar-refractivity contribution in [1.29, 1.82) is 0 Å². The largest absolute Gasteiger partial charge is 0.308 e. The normalized spacial score (nSPS) is 13.4. The van der Waals surface area contributed by atoms with Gasteiger partial charge in [0.2, 0.25) is 0 Å². The van der Waals surface area contributed by atoms with Gasteiger partial charge in [0.1, 0.15) is 0 Å². The Bertz CT molecular complexity index is 278. The molecule has 0 aromatic carbocycles. The third-order valence-electron chi connectivity index (χ3n) is 3.01. The first-order valence-corrected chi connectivity index (χ1v) is 5.75. The van der Waals surface area contributed by atoms with Gasteiger partial charge in [-0.3, -0.25) is 4.68 Å². The fourth-order valence-electron chi connectivity index (χ4n) is 1.90. The highest BCUT2D eigenvalue weighted by molar-refractivity contribution is 4.91. The molecule has 0 aliphatic carbocycles. The Morgan fingerprint density at radius 1 is 1.40 bits per heavy atom. The molecule has 0 aliphatic heterocycles. The third-order valence-corrected chi connectivity index (χ3v) is 3.01. The minimum Gasteiger partial charge on any atom is -0.308 e. The summed E-state index contributed by atoms with van der Waals surface area (Å²) >= 11 is 0. The van der Waals surface area contributed by atoms with Crippen molar-refractivity contribution in [3.63, 3.8) is 0 Å². The molecule has 0 spiro atoms. The first-order valence-electron chi connectivity index (χ1n) is 5.75. The Balaban J connectivity index is 2.36. The second-order valence-electron chi connectivity index (χ2n) is 4.13. The average Bonchev–Trinajstić information content (AvgIpc) is 2.63. The van der Waals surface area contributed by atoms with Gasteiger partial charge in [0.25, 0.3) is 0 Å². The van der Waals surface area contributed by atoms with E-state index >= 15 is 0 Å². The monoisotopic (exact) mass is 210 g/mol. The molecule has 1 aromatic heterocycles. The molecule has 0 radical (unpaired) electrons. The molecule has 4 heteroatoms. The van der Waals surface area contributed by atoms with Crippen LogP contribution in [0.4, 0.5) is 0 Å². The molecule has 1 N–H and O–H groups in total. The van der Waals surface area contributed by atoms with E-state index in [1.54, 1.807) is 4.68 Å². The SMILES string of the molecule is CCC(CC)C(C)NCc1cn(C)nn1. The highest BCUT2D eigenvalue weighted by Gasteiger charge is 2.12. The number of aryl methyl sites for hydroxylation is 1. The Morgan fingerprint density at radius 2 is 2.07 bits per heavy atom. The molecule has 1 unspecified atom stereocenters. The van der Waals surface area contributed by atoms with Crippen molar-refractivity contribution in [2.45, 2.75) is 46.2 Å². The van der Waals surface area contributed by atoms with Gasteiger partial charge >= 0.3 is 0 Å². The summed E-state index contributed by atoms with van der Waals surface area (Å²) < 4.78 is 1.73. The quantitative estimate of drug-likeness (QED) is 0.777. The lowest BCUT2D eigenvalue weighted by atomic mass is 9.95. The second-order valence-corrected chi connectivity index (χ2v) is 4.13. The molecule has 15 heavy (non-hydrogen) atoms. The van der Waals surface area contributed by atoms with Gasteiger partial charge in [-0.1, -0.05) is 31.9 Å². The van der Waals surface area contributed by atoms with Crippen molar-refractivity contribution < 1.29 is 0 Å². The summed E-state index contributed by atoms with van der Waals surface area (Å²) in [6.45, 7) is 7.54. The molecule has 1 heterocycles. The average molecular weight is 210 g/mol. The molecule has 0 amide bonds. The van der Waals surface area contributed by atoms with Gasteiger partial charge < -0.3 is 5.32 Å². The summed E-state index contributed by atoms with van der Waals surface area (Å²) in [6, 6.07) is 0.544. The minimum absolute atomic E-state index is 0.544. The molecule has 1 atom stereocenters. The molecular formula is C11H22N4. The maximum Gasteiger partial charge on any atom is 0.0964 e. The molecule has 0 bridgehead atoms. The van der Waals surface area contributed by atoms with Crippen molar-refractivity contribution in [3.8, 4) is 0 Å². The van der Waals surface area contributed by atoms with Crippen LogP contribution in [-0.2, 0) is 13.6 Å². The molecule has 0 fully saturated rings. The Labute approximate surface area is 92.1 Å². The van der Waals surface area contributed by atoms with Gasteiger partial charge in [0.05, 0.1) is 5.69 Å². The minimum atomic E-state index is 0.544. The van der Waals surface area contributed by atoms with E-state index in [0.717, 1.165) is 18.2 Å². The van der Waals surface area contributed by atoms with E-state index in [2.05, 4.69) is 36.4 Å². The second kappa shape index (κ2) is 5.85. The van der Waals surface area contributed by atoms with Crippen LogP contribution in [-0.4, -0.2) is 21.0 Å². The topological polar surface area (TPSA) is 42.7 Å². The summed E-state index contributed by atoms with van der Waals surface area (Å²) in [6.07, 6.45) is 4.41. The molecule has 1 rings (SSSR count). The Morgan fingerprint density at radius 3 is 2.53 bits per heavy atom. The summed E-state index contributed by atoms with van der Waals surface area (Å²) in [5.41, 5.74) is 1.01. The lowest BCUT2D eigenvalue weighted by molar-refractivity contribution is 0.352. The third kappa shape index (κ3) is 3.63. The molecular weight excluding hydrogens is 188 g/mol. The fraction of sp³-hybridized carbons (Fsp3) is 0.818. The van der Waals surface area contributed by atoms with Gasteiger partial charge in [-0.15, -0.1) is 5.10 Å². The lowest BCUT2D eigenvalue weighted by Gasteiger charge is -2.21. The van der Waals surface area contributed by atoms with Gasteiger partial charge in [0, 0.05) is 25.8 Å². The zero-order chi connectivity index (χ0) is 11.3. The van der Waals surface area contributed by atoms with E-state index in [0.29, 0.717) is 6.04 Å². The number of nitrogens with zero attached hydrogens (tertiary/aromatic N) is 3. The van der Waals surface area contributed by atoms with Crippen LogP contribution in [0.2, 0.25) is 0 Å². The highest BCUT2D eigenvalue weighted by Crippen LogP contribution is 2.12. The zero-order valence-corrected chi connectivity index (χ0v) is 10.2. The van der Waals surface area contributed by atoms with Crippen molar-refractivity contribution in [3.05, 3.63) is 11.9 Å². The van der Waals surface area contributed by atoms with Gasteiger partial charge in [-0.25, -0.2) is 0 Å². The number of hydrogen-bond acceptors (Lipinski definition) is 3. The van der Waals surface area contributed by atoms with Crippen LogP contribution in [0.1, 0.15) is 39.3 Å².